The number of rotatable bonds is 13. The van der Waals surface area contributed by atoms with Crippen LogP contribution in [0.25, 0.3) is 0 Å². The third kappa shape index (κ3) is 9.41. The lowest BCUT2D eigenvalue weighted by Crippen LogP contribution is -2.10. The fourth-order valence-electron chi connectivity index (χ4n) is 3.45. The van der Waals surface area contributed by atoms with Gasteiger partial charge in [-0.25, -0.2) is 9.59 Å². The molecule has 0 atom stereocenters. The van der Waals surface area contributed by atoms with Crippen molar-refractivity contribution in [2.24, 2.45) is 0 Å². The number of methoxy groups -OCH3 is 4. The predicted molar refractivity (Wildman–Crippen MR) is 150 cm³/mol. The Kier molecular flexibility index (Phi) is 14.0. The molecular formula is C29H32O11S. The van der Waals surface area contributed by atoms with Crippen LogP contribution in [0.2, 0.25) is 0 Å². The first-order chi connectivity index (χ1) is 19.8. The van der Waals surface area contributed by atoms with E-state index >= 15 is 0 Å². The number of hydrogen-bond acceptors (Lipinski definition) is 12. The Bertz CT molecular complexity index is 1300. The van der Waals surface area contributed by atoms with Crippen molar-refractivity contribution in [2.45, 2.75) is 17.6 Å². The largest absolute Gasteiger partial charge is 0.508 e. The van der Waals surface area contributed by atoms with E-state index in [2.05, 4.69) is 4.74 Å². The zero-order chi connectivity index (χ0) is 30.2. The first-order valence-electron chi connectivity index (χ1n) is 12.0. The summed E-state index contributed by atoms with van der Waals surface area (Å²) in [7, 11) is 5.51. The molecule has 0 unspecified atom stereocenters. The van der Waals surface area contributed by atoms with Gasteiger partial charge in [0.25, 0.3) is 6.47 Å². The third-order valence-corrected chi connectivity index (χ3v) is 6.41. The lowest BCUT2D eigenvalue weighted by molar-refractivity contribution is -0.120. The molecular weight excluding hydrogens is 556 g/mol. The normalized spacial score (nSPS) is 10.1. The number of thioether (sulfide) groups is 1. The highest BCUT2D eigenvalue weighted by Crippen LogP contribution is 2.35. The van der Waals surface area contributed by atoms with Crippen LogP contribution < -0.4 is 14.2 Å². The standard InChI is InChI=1S/C17H18O5S.C12H14O6/c1-20-11-22-15-9-8-14(18)13(16(15)17(19)21-2)10-23-12-6-4-3-5-7-12;1-8-9(17-6-13)4-5-10(18-7-15-2)11(8)12(14)16-3/h3-9,18H,10-11H2,1-2H3;4-6H,7H2,1-3H3. The van der Waals surface area contributed by atoms with E-state index in [1.54, 1.807) is 6.92 Å². The van der Waals surface area contributed by atoms with Crippen LogP contribution in [-0.4, -0.2) is 65.5 Å². The second kappa shape index (κ2) is 17.4. The molecule has 0 amide bonds. The van der Waals surface area contributed by atoms with Gasteiger partial charge in [0.2, 0.25) is 0 Å². The van der Waals surface area contributed by atoms with Crippen LogP contribution in [0.5, 0.6) is 23.0 Å². The molecule has 1 N–H and O–H groups in total. The topological polar surface area (TPSA) is 136 Å². The molecule has 0 aliphatic carbocycles. The molecule has 220 valence electrons. The lowest BCUT2D eigenvalue weighted by Gasteiger charge is -2.15. The Morgan fingerprint density at radius 3 is 1.88 bits per heavy atom. The summed E-state index contributed by atoms with van der Waals surface area (Å²) < 4.78 is 34.6. The van der Waals surface area contributed by atoms with Gasteiger partial charge in [0.05, 0.1) is 14.2 Å². The Hall–Kier alpha value is -4.26. The van der Waals surface area contributed by atoms with Gasteiger partial charge in [0.1, 0.15) is 34.1 Å². The number of ether oxygens (including phenoxy) is 7. The molecule has 0 radical (unpaired) electrons. The Labute approximate surface area is 242 Å². The first-order valence-corrected chi connectivity index (χ1v) is 13.0. The zero-order valence-corrected chi connectivity index (χ0v) is 24.1. The molecule has 0 heterocycles. The summed E-state index contributed by atoms with van der Waals surface area (Å²) in [4.78, 5) is 35.2. The van der Waals surface area contributed by atoms with Gasteiger partial charge in [-0.15, -0.1) is 11.8 Å². The number of phenolic OH excluding ortho intramolecular Hbond substituents is 1. The number of carbonyl (C=O) groups is 3. The van der Waals surface area contributed by atoms with E-state index in [0.717, 1.165) is 4.90 Å². The van der Waals surface area contributed by atoms with Gasteiger partial charge in [-0.3, -0.25) is 4.79 Å². The van der Waals surface area contributed by atoms with Crippen molar-refractivity contribution >= 4 is 30.2 Å². The van der Waals surface area contributed by atoms with Gasteiger partial charge in [-0.1, -0.05) is 18.2 Å². The van der Waals surface area contributed by atoms with Crippen molar-refractivity contribution in [1.82, 2.24) is 0 Å². The smallest absolute Gasteiger partial charge is 0.342 e. The van der Waals surface area contributed by atoms with E-state index in [9.17, 15) is 19.5 Å². The molecule has 3 aromatic rings. The van der Waals surface area contributed by atoms with Gasteiger partial charge in [-0.05, 0) is 43.3 Å². The van der Waals surface area contributed by atoms with Gasteiger partial charge in [0, 0.05) is 36.0 Å². The van der Waals surface area contributed by atoms with Gasteiger partial charge >= 0.3 is 11.9 Å². The second-order valence-electron chi connectivity index (χ2n) is 7.90. The molecule has 0 aromatic heterocycles. The highest BCUT2D eigenvalue weighted by atomic mass is 32.2. The van der Waals surface area contributed by atoms with Crippen molar-refractivity contribution in [3.63, 3.8) is 0 Å². The minimum atomic E-state index is -0.574. The van der Waals surface area contributed by atoms with E-state index in [1.165, 1.54) is 64.5 Å². The molecule has 11 nitrogen and oxygen atoms in total. The summed E-state index contributed by atoms with van der Waals surface area (Å²) in [6.07, 6.45) is 0. The van der Waals surface area contributed by atoms with Gasteiger partial charge < -0.3 is 38.3 Å². The zero-order valence-electron chi connectivity index (χ0n) is 23.3. The Balaban J connectivity index is 0.000000296. The van der Waals surface area contributed by atoms with E-state index in [1.807, 2.05) is 30.3 Å². The second-order valence-corrected chi connectivity index (χ2v) is 8.95. The average molecular weight is 589 g/mol. The quantitative estimate of drug-likeness (QED) is 0.128. The van der Waals surface area contributed by atoms with Crippen LogP contribution >= 0.6 is 11.8 Å². The monoisotopic (exact) mass is 588 g/mol. The number of phenols is 1. The summed E-state index contributed by atoms with van der Waals surface area (Å²) in [5.41, 5.74) is 1.35. The molecule has 0 aliphatic heterocycles. The highest BCUT2D eigenvalue weighted by Gasteiger charge is 2.22. The van der Waals surface area contributed by atoms with Gasteiger partial charge in [0.15, 0.2) is 13.6 Å². The molecule has 0 saturated heterocycles. The summed E-state index contributed by atoms with van der Waals surface area (Å²) >= 11 is 1.51. The molecule has 0 saturated carbocycles. The SMILES string of the molecule is COCOc1ccc(O)c(CSc2ccccc2)c1C(=O)OC.COCOc1ccc(OC=O)c(C)c1C(=O)OC. The first kappa shape index (κ1) is 32.9. The summed E-state index contributed by atoms with van der Waals surface area (Å²) in [5, 5.41) is 10.2. The van der Waals surface area contributed by atoms with Crippen LogP contribution in [0.4, 0.5) is 0 Å². The maximum absolute atomic E-state index is 12.1. The fourth-order valence-corrected chi connectivity index (χ4v) is 4.40. The van der Waals surface area contributed by atoms with Crippen LogP contribution in [0.3, 0.4) is 0 Å². The summed E-state index contributed by atoms with van der Waals surface area (Å²) in [5.74, 6) is 0.198. The Morgan fingerprint density at radius 1 is 0.780 bits per heavy atom. The number of aromatic hydroxyl groups is 1. The van der Waals surface area contributed by atoms with Crippen LogP contribution in [-0.2, 0) is 29.5 Å². The van der Waals surface area contributed by atoms with Crippen LogP contribution in [0, 0.1) is 6.92 Å². The number of carbonyl (C=O) groups excluding carboxylic acids is 3. The third-order valence-electron chi connectivity index (χ3n) is 5.37. The molecule has 41 heavy (non-hydrogen) atoms. The van der Waals surface area contributed by atoms with E-state index < -0.39 is 11.9 Å². The van der Waals surface area contributed by atoms with E-state index in [4.69, 9.17) is 28.4 Å². The number of benzene rings is 3. The lowest BCUT2D eigenvalue weighted by atomic mass is 10.1. The average Bonchev–Trinajstić information content (AvgIpc) is 3.00. The molecule has 0 fully saturated rings. The summed E-state index contributed by atoms with van der Waals surface area (Å²) in [6.45, 7) is 1.92. The summed E-state index contributed by atoms with van der Waals surface area (Å²) in [6, 6.07) is 15.8. The maximum Gasteiger partial charge on any atom is 0.342 e. The molecule has 3 aromatic carbocycles. The van der Waals surface area contributed by atoms with E-state index in [-0.39, 0.29) is 36.2 Å². The predicted octanol–water partition coefficient (Wildman–Crippen LogP) is 4.75. The Morgan fingerprint density at radius 2 is 1.32 bits per heavy atom. The minimum Gasteiger partial charge on any atom is -0.508 e. The molecule has 3 rings (SSSR count). The molecule has 0 aliphatic rings. The highest BCUT2D eigenvalue weighted by molar-refractivity contribution is 7.98. The molecule has 12 heteroatoms. The van der Waals surface area contributed by atoms with Crippen LogP contribution in [0.15, 0.2) is 59.5 Å². The van der Waals surface area contributed by atoms with Crippen molar-refractivity contribution in [3.8, 4) is 23.0 Å². The van der Waals surface area contributed by atoms with Crippen molar-refractivity contribution < 1.29 is 52.6 Å². The molecule has 0 bridgehead atoms. The number of esters is 2. The van der Waals surface area contributed by atoms with Crippen molar-refractivity contribution in [3.05, 3.63) is 76.9 Å². The maximum atomic E-state index is 12.1. The molecule has 0 spiro atoms. The van der Waals surface area contributed by atoms with Crippen LogP contribution in [0.1, 0.15) is 31.8 Å². The van der Waals surface area contributed by atoms with Crippen molar-refractivity contribution in [1.29, 1.82) is 0 Å². The fraction of sp³-hybridized carbons (Fsp3) is 0.276. The number of hydrogen-bond donors (Lipinski definition) is 1. The van der Waals surface area contributed by atoms with Gasteiger partial charge in [-0.2, -0.15) is 0 Å². The minimum absolute atomic E-state index is 0.0000373. The van der Waals surface area contributed by atoms with Crippen molar-refractivity contribution in [2.75, 3.05) is 42.0 Å². The van der Waals surface area contributed by atoms with E-state index in [0.29, 0.717) is 34.9 Å².